The molecule has 0 amide bonds. The Balaban J connectivity index is 1.89. The van der Waals surface area contributed by atoms with Gasteiger partial charge in [0.05, 0.1) is 0 Å². The van der Waals surface area contributed by atoms with E-state index in [4.69, 9.17) is 4.18 Å². The van der Waals surface area contributed by atoms with Gasteiger partial charge in [-0.3, -0.25) is 0 Å². The Morgan fingerprint density at radius 1 is 0.656 bits per heavy atom. The summed E-state index contributed by atoms with van der Waals surface area (Å²) < 4.78 is 34.4. The molecule has 0 bridgehead atoms. The second-order valence-corrected chi connectivity index (χ2v) is 11.0. The van der Waals surface area contributed by atoms with Crippen LogP contribution in [0, 0.1) is 6.92 Å². The van der Waals surface area contributed by atoms with Crippen LogP contribution in [0.25, 0.3) is 10.2 Å². The predicted octanol–water partition coefficient (Wildman–Crippen LogP) is 5.26. The fourth-order valence-corrected chi connectivity index (χ4v) is 6.36. The summed E-state index contributed by atoms with van der Waals surface area (Å²) in [6.07, 6.45) is 0. The average Bonchev–Trinajstić information content (AvgIpc) is 2.83. The van der Waals surface area contributed by atoms with Gasteiger partial charge in [0, 0.05) is 0 Å². The number of aryl methyl sites for hydroxylation is 1. The number of benzene rings is 4. The molecule has 0 aliphatic heterocycles. The molecule has 32 heavy (non-hydrogen) atoms. The van der Waals surface area contributed by atoms with Crippen LogP contribution in [0.3, 0.4) is 0 Å². The number of hydrogen-bond donors (Lipinski definition) is 0. The Morgan fingerprint density at radius 3 is 1.72 bits per heavy atom. The van der Waals surface area contributed by atoms with E-state index in [0.29, 0.717) is 5.76 Å². The first kappa shape index (κ1) is 22.1. The van der Waals surface area contributed by atoms with E-state index in [2.05, 4.69) is 12.1 Å². The van der Waals surface area contributed by atoms with Gasteiger partial charge in [0.1, 0.15) is 0 Å². The van der Waals surface area contributed by atoms with Crippen molar-refractivity contribution >= 4 is 39.8 Å². The molecular formula is C27H22O3SSe. The van der Waals surface area contributed by atoms with Crippen molar-refractivity contribution in [2.75, 3.05) is 0 Å². The van der Waals surface area contributed by atoms with Crippen LogP contribution in [0.1, 0.15) is 16.7 Å². The monoisotopic (exact) mass is 506 g/mol. The van der Waals surface area contributed by atoms with Crippen LogP contribution in [0.2, 0.25) is 0 Å². The van der Waals surface area contributed by atoms with Gasteiger partial charge in [-0.15, -0.1) is 0 Å². The molecule has 0 aliphatic rings. The van der Waals surface area contributed by atoms with Gasteiger partial charge >= 0.3 is 196 Å². The summed E-state index contributed by atoms with van der Waals surface area (Å²) in [5.41, 5.74) is 2.65. The van der Waals surface area contributed by atoms with Crippen molar-refractivity contribution in [2.45, 2.75) is 11.8 Å². The molecule has 0 fully saturated rings. The maximum atomic E-state index is 13.3. The zero-order valence-corrected chi connectivity index (χ0v) is 20.0. The van der Waals surface area contributed by atoms with Gasteiger partial charge in [-0.2, -0.15) is 0 Å². The van der Waals surface area contributed by atoms with Crippen LogP contribution < -0.4 is 4.46 Å². The van der Waals surface area contributed by atoms with Gasteiger partial charge in [0.15, 0.2) is 0 Å². The fraction of sp³-hybridized carbons (Fsp3) is 0.0370. The first-order chi connectivity index (χ1) is 15.5. The standard InChI is InChI=1S/C27H22O3SSe/c1-21-17-19-24(20-18-21)31(28,29)30-26(22-11-5-2-6-12-22)27(23-13-7-3-8-14-23)32-25-15-9-4-10-16-25/h2-20H,1H3/b27-26+. The van der Waals surface area contributed by atoms with Crippen molar-refractivity contribution < 1.29 is 12.6 Å². The summed E-state index contributed by atoms with van der Waals surface area (Å²) in [6, 6.07) is 36.0. The van der Waals surface area contributed by atoms with Gasteiger partial charge in [-0.25, -0.2) is 0 Å². The van der Waals surface area contributed by atoms with Gasteiger partial charge < -0.3 is 0 Å². The van der Waals surface area contributed by atoms with Crippen LogP contribution >= 0.6 is 0 Å². The van der Waals surface area contributed by atoms with Crippen molar-refractivity contribution in [2.24, 2.45) is 0 Å². The molecule has 3 nitrogen and oxygen atoms in total. The maximum absolute atomic E-state index is 13.3. The molecule has 0 aliphatic carbocycles. The second kappa shape index (κ2) is 10.0. The van der Waals surface area contributed by atoms with Crippen LogP contribution in [0.4, 0.5) is 0 Å². The van der Waals surface area contributed by atoms with Crippen molar-refractivity contribution in [3.63, 3.8) is 0 Å². The molecule has 4 aromatic rings. The zero-order chi connectivity index (χ0) is 22.4. The first-order valence-corrected chi connectivity index (χ1v) is 13.2. The summed E-state index contributed by atoms with van der Waals surface area (Å²) in [4.78, 5) is 0.135. The number of rotatable bonds is 7. The molecule has 0 spiro atoms. The van der Waals surface area contributed by atoms with E-state index in [1.54, 1.807) is 24.3 Å². The van der Waals surface area contributed by atoms with E-state index in [1.807, 2.05) is 85.8 Å². The molecule has 0 N–H and O–H groups in total. The molecule has 0 aromatic heterocycles. The zero-order valence-electron chi connectivity index (χ0n) is 17.5. The minimum absolute atomic E-state index is 0.135. The van der Waals surface area contributed by atoms with Crippen LogP contribution in [0.5, 0.6) is 0 Å². The first-order valence-electron chi connectivity index (χ1n) is 10.1. The molecule has 4 aromatic carbocycles. The molecule has 0 unspecified atom stereocenters. The quantitative estimate of drug-likeness (QED) is 0.149. The molecule has 5 heteroatoms. The summed E-state index contributed by atoms with van der Waals surface area (Å²) in [7, 11) is -4.02. The van der Waals surface area contributed by atoms with E-state index in [1.165, 1.54) is 0 Å². The Bertz CT molecular complexity index is 1300. The van der Waals surface area contributed by atoms with E-state index in [0.717, 1.165) is 25.6 Å². The Kier molecular flexibility index (Phi) is 6.91. The third-order valence-electron chi connectivity index (χ3n) is 4.74. The molecule has 0 heterocycles. The molecule has 0 saturated heterocycles. The Hall–Kier alpha value is -3.11. The second-order valence-electron chi connectivity index (χ2n) is 7.16. The summed E-state index contributed by atoms with van der Waals surface area (Å²) in [5.74, 6) is 0.362. The molecule has 0 radical (unpaired) electrons. The predicted molar refractivity (Wildman–Crippen MR) is 131 cm³/mol. The normalized spacial score (nSPS) is 12.2. The number of hydrogen-bond acceptors (Lipinski definition) is 3. The average molecular weight is 505 g/mol. The molecule has 0 saturated carbocycles. The van der Waals surface area contributed by atoms with Crippen molar-refractivity contribution in [3.05, 3.63) is 132 Å². The van der Waals surface area contributed by atoms with E-state index in [-0.39, 0.29) is 19.9 Å². The molecular weight excluding hydrogens is 483 g/mol. The van der Waals surface area contributed by atoms with Crippen molar-refractivity contribution in [1.82, 2.24) is 0 Å². The van der Waals surface area contributed by atoms with Crippen molar-refractivity contribution in [1.29, 1.82) is 0 Å². The summed E-state index contributed by atoms with van der Waals surface area (Å²) in [5, 5.41) is 0. The Labute approximate surface area is 195 Å². The Morgan fingerprint density at radius 2 is 1.16 bits per heavy atom. The SMILES string of the molecule is Cc1ccc(S(=O)(=O)O/C(=C(/[Se]c2ccccc2)c2ccccc2)c2ccccc2)cc1. The summed E-state index contributed by atoms with van der Waals surface area (Å²) in [6.45, 7) is 1.92. The van der Waals surface area contributed by atoms with Crippen LogP contribution in [-0.4, -0.2) is 23.4 Å². The van der Waals surface area contributed by atoms with Gasteiger partial charge in [-0.1, -0.05) is 0 Å². The summed E-state index contributed by atoms with van der Waals surface area (Å²) >= 11 is -0.184. The molecule has 160 valence electrons. The van der Waals surface area contributed by atoms with E-state index >= 15 is 0 Å². The minimum atomic E-state index is -4.02. The van der Waals surface area contributed by atoms with Gasteiger partial charge in [-0.05, 0) is 0 Å². The topological polar surface area (TPSA) is 43.4 Å². The third kappa shape index (κ3) is 5.38. The van der Waals surface area contributed by atoms with Crippen molar-refractivity contribution in [3.8, 4) is 0 Å². The van der Waals surface area contributed by atoms with Crippen LogP contribution in [0.15, 0.2) is 120 Å². The molecule has 4 rings (SSSR count). The van der Waals surface area contributed by atoms with Gasteiger partial charge in [0.2, 0.25) is 0 Å². The van der Waals surface area contributed by atoms with Crippen LogP contribution in [-0.2, 0) is 14.3 Å². The fourth-order valence-electron chi connectivity index (χ4n) is 3.10. The van der Waals surface area contributed by atoms with E-state index < -0.39 is 10.1 Å². The van der Waals surface area contributed by atoms with E-state index in [9.17, 15) is 8.42 Å². The third-order valence-corrected chi connectivity index (χ3v) is 8.36. The molecule has 0 atom stereocenters. The van der Waals surface area contributed by atoms with Gasteiger partial charge in [0.25, 0.3) is 0 Å².